The third-order valence-electron chi connectivity index (χ3n) is 4.07. The number of ether oxygens (including phenoxy) is 3. The number of methoxy groups -OCH3 is 3. The molecule has 1 heterocycles. The van der Waals surface area contributed by atoms with Crippen molar-refractivity contribution in [2.75, 3.05) is 21.3 Å². The molecular weight excluding hydrogens is 348 g/mol. The van der Waals surface area contributed by atoms with E-state index in [1.165, 1.54) is 6.08 Å². The Morgan fingerprint density at radius 3 is 2.19 bits per heavy atom. The van der Waals surface area contributed by atoms with Gasteiger partial charge < -0.3 is 19.5 Å². The van der Waals surface area contributed by atoms with Crippen LogP contribution in [-0.2, 0) is 11.3 Å². The molecule has 1 N–H and O–H groups in total. The summed E-state index contributed by atoms with van der Waals surface area (Å²) in [5.41, 5.74) is 0.759. The highest BCUT2D eigenvalue weighted by Gasteiger charge is 2.17. The van der Waals surface area contributed by atoms with E-state index in [4.69, 9.17) is 14.2 Å². The number of carbonyl (C=O) groups excluding carboxylic acids is 1. The van der Waals surface area contributed by atoms with Gasteiger partial charge in [0, 0.05) is 6.08 Å². The number of rotatable bonds is 9. The molecule has 2 aromatic rings. The highest BCUT2D eigenvalue weighted by molar-refractivity contribution is 5.92. The van der Waals surface area contributed by atoms with Crippen LogP contribution in [0.25, 0.3) is 6.08 Å². The van der Waals surface area contributed by atoms with Gasteiger partial charge in [-0.3, -0.25) is 4.79 Å². The molecule has 1 amide bonds. The topological polar surface area (TPSA) is 87.5 Å². The van der Waals surface area contributed by atoms with E-state index in [9.17, 15) is 4.79 Å². The van der Waals surface area contributed by atoms with E-state index in [1.807, 2.05) is 13.8 Å². The average molecular weight is 374 g/mol. The van der Waals surface area contributed by atoms with E-state index in [1.54, 1.807) is 56.7 Å². The van der Waals surface area contributed by atoms with Crippen LogP contribution in [0.5, 0.6) is 17.2 Å². The van der Waals surface area contributed by atoms with Crippen molar-refractivity contribution in [2.24, 2.45) is 5.92 Å². The van der Waals surface area contributed by atoms with Gasteiger partial charge in [-0.1, -0.05) is 13.8 Å². The Labute approximate surface area is 159 Å². The van der Waals surface area contributed by atoms with Crippen LogP contribution in [-0.4, -0.2) is 48.3 Å². The summed E-state index contributed by atoms with van der Waals surface area (Å²) in [7, 11) is 4.64. The summed E-state index contributed by atoms with van der Waals surface area (Å²) in [6, 6.07) is 3.46. The Bertz CT molecular complexity index is 747. The Morgan fingerprint density at radius 1 is 1.11 bits per heavy atom. The van der Waals surface area contributed by atoms with Crippen LogP contribution in [0, 0.1) is 5.92 Å². The van der Waals surface area contributed by atoms with Crippen molar-refractivity contribution in [2.45, 2.75) is 26.4 Å². The molecule has 0 saturated heterocycles. The number of carbonyl (C=O) groups is 1. The third kappa shape index (κ3) is 5.47. The van der Waals surface area contributed by atoms with Crippen molar-refractivity contribution in [3.05, 3.63) is 36.2 Å². The predicted octanol–water partition coefficient (Wildman–Crippen LogP) is 2.16. The lowest BCUT2D eigenvalue weighted by Gasteiger charge is -2.21. The van der Waals surface area contributed by atoms with Gasteiger partial charge in [0.15, 0.2) is 11.5 Å². The lowest BCUT2D eigenvalue weighted by Crippen LogP contribution is -2.41. The van der Waals surface area contributed by atoms with Gasteiger partial charge in [-0.05, 0) is 29.7 Å². The first-order valence-electron chi connectivity index (χ1n) is 8.61. The second-order valence-electron chi connectivity index (χ2n) is 6.24. The van der Waals surface area contributed by atoms with Crippen LogP contribution in [0.4, 0.5) is 0 Å². The summed E-state index contributed by atoms with van der Waals surface area (Å²) in [6.45, 7) is 4.59. The van der Waals surface area contributed by atoms with Gasteiger partial charge in [-0.15, -0.1) is 0 Å². The van der Waals surface area contributed by atoms with Crippen molar-refractivity contribution in [3.63, 3.8) is 0 Å². The van der Waals surface area contributed by atoms with Crippen molar-refractivity contribution >= 4 is 12.0 Å². The third-order valence-corrected chi connectivity index (χ3v) is 4.07. The highest BCUT2D eigenvalue weighted by Crippen LogP contribution is 2.38. The van der Waals surface area contributed by atoms with Gasteiger partial charge in [-0.2, -0.15) is 15.0 Å². The second-order valence-corrected chi connectivity index (χ2v) is 6.24. The molecule has 0 aliphatic heterocycles. The quantitative estimate of drug-likeness (QED) is 0.677. The number of benzene rings is 1. The molecule has 1 unspecified atom stereocenters. The fourth-order valence-corrected chi connectivity index (χ4v) is 2.54. The molecule has 0 fully saturated rings. The van der Waals surface area contributed by atoms with Gasteiger partial charge in [-0.25, -0.2) is 0 Å². The monoisotopic (exact) mass is 374 g/mol. The van der Waals surface area contributed by atoms with Crippen LogP contribution < -0.4 is 19.5 Å². The first-order chi connectivity index (χ1) is 13.0. The molecule has 1 aromatic carbocycles. The molecule has 1 atom stereocenters. The summed E-state index contributed by atoms with van der Waals surface area (Å²) in [5, 5.41) is 11.2. The largest absolute Gasteiger partial charge is 0.493 e. The van der Waals surface area contributed by atoms with Gasteiger partial charge >= 0.3 is 0 Å². The fraction of sp³-hybridized carbons (Fsp3) is 0.421. The number of hydrogen-bond acceptors (Lipinski definition) is 6. The first-order valence-corrected chi connectivity index (χ1v) is 8.61. The zero-order valence-electron chi connectivity index (χ0n) is 16.3. The van der Waals surface area contributed by atoms with Gasteiger partial charge in [0.05, 0.1) is 46.3 Å². The zero-order chi connectivity index (χ0) is 19.8. The minimum Gasteiger partial charge on any atom is -0.493 e. The van der Waals surface area contributed by atoms with Crippen LogP contribution in [0.3, 0.4) is 0 Å². The first kappa shape index (κ1) is 20.3. The van der Waals surface area contributed by atoms with Gasteiger partial charge in [0.2, 0.25) is 11.7 Å². The van der Waals surface area contributed by atoms with Crippen molar-refractivity contribution in [3.8, 4) is 17.2 Å². The summed E-state index contributed by atoms with van der Waals surface area (Å²) < 4.78 is 15.9. The number of aromatic nitrogens is 3. The molecular formula is C19H26N4O4. The Balaban J connectivity index is 2.10. The lowest BCUT2D eigenvalue weighted by molar-refractivity contribution is -0.117. The number of amides is 1. The molecule has 0 aliphatic rings. The second kappa shape index (κ2) is 9.61. The number of hydrogen-bond donors (Lipinski definition) is 1. The van der Waals surface area contributed by atoms with Crippen LogP contribution >= 0.6 is 0 Å². The standard InChI is InChI=1S/C19H26N4O4/c1-13(2)15(12-23-20-8-9-21-23)22-18(24)7-6-14-10-16(25-3)19(27-5)17(11-14)26-4/h6-11,13,15H,12H2,1-5H3,(H,22,24)/b7-6+. The smallest absolute Gasteiger partial charge is 0.244 e. The fourth-order valence-electron chi connectivity index (χ4n) is 2.54. The lowest BCUT2D eigenvalue weighted by atomic mass is 10.0. The molecule has 0 saturated carbocycles. The van der Waals surface area contributed by atoms with E-state index in [0.717, 1.165) is 5.56 Å². The molecule has 0 spiro atoms. The van der Waals surface area contributed by atoms with Crippen molar-refractivity contribution in [1.29, 1.82) is 0 Å². The molecule has 0 radical (unpaired) electrons. The van der Waals surface area contributed by atoms with E-state index in [0.29, 0.717) is 23.8 Å². The zero-order valence-corrected chi connectivity index (χ0v) is 16.3. The minimum atomic E-state index is -0.199. The van der Waals surface area contributed by atoms with Crippen molar-refractivity contribution < 1.29 is 19.0 Å². The Hall–Kier alpha value is -3.03. The molecule has 27 heavy (non-hydrogen) atoms. The van der Waals surface area contributed by atoms with E-state index >= 15 is 0 Å². The molecule has 2 rings (SSSR count). The molecule has 8 nitrogen and oxygen atoms in total. The summed E-state index contributed by atoms with van der Waals surface area (Å²) in [4.78, 5) is 13.9. The Morgan fingerprint density at radius 2 is 1.70 bits per heavy atom. The highest BCUT2D eigenvalue weighted by atomic mass is 16.5. The molecule has 8 heteroatoms. The predicted molar refractivity (Wildman–Crippen MR) is 102 cm³/mol. The molecule has 0 bridgehead atoms. The summed E-state index contributed by atoms with van der Waals surface area (Å²) >= 11 is 0. The minimum absolute atomic E-state index is 0.0884. The van der Waals surface area contributed by atoms with Gasteiger partial charge in [0.25, 0.3) is 0 Å². The average Bonchev–Trinajstić information content (AvgIpc) is 3.17. The van der Waals surface area contributed by atoms with Crippen LogP contribution in [0.1, 0.15) is 19.4 Å². The van der Waals surface area contributed by atoms with E-state index < -0.39 is 0 Å². The van der Waals surface area contributed by atoms with Gasteiger partial charge in [0.1, 0.15) is 0 Å². The van der Waals surface area contributed by atoms with E-state index in [2.05, 4.69) is 15.5 Å². The summed E-state index contributed by atoms with van der Waals surface area (Å²) in [5.74, 6) is 1.60. The summed E-state index contributed by atoms with van der Waals surface area (Å²) in [6.07, 6.45) is 6.41. The number of nitrogens with zero attached hydrogens (tertiary/aromatic N) is 3. The van der Waals surface area contributed by atoms with Crippen LogP contribution in [0.2, 0.25) is 0 Å². The maximum atomic E-state index is 12.4. The Kier molecular flexibility index (Phi) is 7.22. The number of nitrogens with one attached hydrogen (secondary N) is 1. The molecule has 1 aromatic heterocycles. The van der Waals surface area contributed by atoms with Crippen LogP contribution in [0.15, 0.2) is 30.6 Å². The maximum absolute atomic E-state index is 12.4. The normalized spacial score (nSPS) is 12.2. The van der Waals surface area contributed by atoms with Crippen molar-refractivity contribution in [1.82, 2.24) is 20.3 Å². The SMILES string of the molecule is COc1cc(/C=C/C(=O)NC(Cn2nccn2)C(C)C)cc(OC)c1OC. The maximum Gasteiger partial charge on any atom is 0.244 e. The van der Waals surface area contributed by atoms with E-state index in [-0.39, 0.29) is 17.9 Å². The molecule has 0 aliphatic carbocycles. The molecule has 146 valence electrons.